The third-order valence-electron chi connectivity index (χ3n) is 5.30. The second kappa shape index (κ2) is 10.3. The molecule has 3 rings (SSSR count). The fourth-order valence-corrected chi connectivity index (χ4v) is 5.03. The van der Waals surface area contributed by atoms with Crippen LogP contribution in [0.2, 0.25) is 0 Å². The van der Waals surface area contributed by atoms with Gasteiger partial charge in [0, 0.05) is 11.6 Å². The minimum Gasteiger partial charge on any atom is -0.495 e. The monoisotopic (exact) mass is 474 g/mol. The zero-order chi connectivity index (χ0) is 23.3. The molecule has 9 heteroatoms. The molecule has 2 aromatic carbocycles. The van der Waals surface area contributed by atoms with E-state index in [1.807, 2.05) is 10.6 Å². The normalized spacial score (nSPS) is 12.7. The Hall–Kier alpha value is -2.65. The van der Waals surface area contributed by atoms with Gasteiger partial charge in [-0.3, -0.25) is 14.4 Å². The number of aromatic amines is 1. The van der Waals surface area contributed by atoms with Crippen molar-refractivity contribution in [3.05, 3.63) is 53.3 Å². The summed E-state index contributed by atoms with van der Waals surface area (Å²) in [5.74, 6) is 1.72. The average molecular weight is 475 g/mol. The highest BCUT2D eigenvalue weighted by Gasteiger charge is 2.20. The molecule has 0 radical (unpaired) electrons. The summed E-state index contributed by atoms with van der Waals surface area (Å²) in [7, 11) is -2.33. The van der Waals surface area contributed by atoms with Gasteiger partial charge in [0.1, 0.15) is 5.75 Å². The summed E-state index contributed by atoms with van der Waals surface area (Å²) in [5, 5.41) is 7.26. The summed E-state index contributed by atoms with van der Waals surface area (Å²) in [6.07, 6.45) is 3.20. The van der Waals surface area contributed by atoms with Crippen molar-refractivity contribution >= 4 is 27.9 Å². The van der Waals surface area contributed by atoms with Crippen molar-refractivity contribution in [3.8, 4) is 17.1 Å². The molecule has 0 fully saturated rings. The summed E-state index contributed by atoms with van der Waals surface area (Å²) < 4.78 is 36.5. The fraction of sp³-hybridized carbons (Fsp3) is 0.391. The van der Waals surface area contributed by atoms with Crippen LogP contribution in [0.4, 0.5) is 5.69 Å². The van der Waals surface area contributed by atoms with Gasteiger partial charge < -0.3 is 4.74 Å². The lowest BCUT2D eigenvalue weighted by atomic mass is 10.0. The molecule has 3 aromatic rings. The van der Waals surface area contributed by atoms with Crippen LogP contribution in [-0.2, 0) is 10.0 Å². The number of nitrogens with zero attached hydrogens (tertiary/aromatic N) is 2. The molecule has 0 unspecified atom stereocenters. The molecule has 172 valence electrons. The van der Waals surface area contributed by atoms with E-state index in [4.69, 9.17) is 17.0 Å². The SMILES string of the molecule is COc1ccccc1NS(=O)(=O)c1cccc(-c2n[nH]c(=S)n2[C@@H](C)CCCC(C)C)c1. The van der Waals surface area contributed by atoms with Crippen LogP contribution in [0.25, 0.3) is 11.4 Å². The smallest absolute Gasteiger partial charge is 0.262 e. The molecule has 1 heterocycles. The third-order valence-corrected chi connectivity index (χ3v) is 6.95. The molecule has 0 saturated heterocycles. The zero-order valence-corrected chi connectivity index (χ0v) is 20.5. The summed E-state index contributed by atoms with van der Waals surface area (Å²) in [4.78, 5) is 0.133. The number of rotatable bonds is 10. The number of para-hydroxylation sites is 2. The lowest BCUT2D eigenvalue weighted by Crippen LogP contribution is -2.14. The minimum absolute atomic E-state index is 0.133. The van der Waals surface area contributed by atoms with Crippen LogP contribution >= 0.6 is 12.2 Å². The van der Waals surface area contributed by atoms with Gasteiger partial charge >= 0.3 is 0 Å². The number of hydrogen-bond donors (Lipinski definition) is 2. The number of H-pyrrole nitrogens is 1. The Bertz CT molecular complexity index is 1220. The van der Waals surface area contributed by atoms with Crippen LogP contribution < -0.4 is 9.46 Å². The van der Waals surface area contributed by atoms with Gasteiger partial charge in [0.15, 0.2) is 10.6 Å². The Morgan fingerprint density at radius 1 is 1.12 bits per heavy atom. The van der Waals surface area contributed by atoms with Gasteiger partial charge in [-0.1, -0.05) is 51.0 Å². The van der Waals surface area contributed by atoms with Gasteiger partial charge in [-0.2, -0.15) is 5.10 Å². The molecule has 7 nitrogen and oxygen atoms in total. The molecule has 0 saturated carbocycles. The zero-order valence-electron chi connectivity index (χ0n) is 18.8. The summed E-state index contributed by atoms with van der Waals surface area (Å²) in [5.41, 5.74) is 1.05. The maximum absolute atomic E-state index is 13.1. The van der Waals surface area contributed by atoms with Gasteiger partial charge in [0.25, 0.3) is 10.0 Å². The summed E-state index contributed by atoms with van der Waals surface area (Å²) in [6.45, 7) is 6.54. The number of anilines is 1. The van der Waals surface area contributed by atoms with Crippen molar-refractivity contribution in [2.75, 3.05) is 11.8 Å². The first kappa shape index (κ1) is 24.0. The maximum atomic E-state index is 13.1. The van der Waals surface area contributed by atoms with Crippen molar-refractivity contribution in [3.63, 3.8) is 0 Å². The fourth-order valence-electron chi connectivity index (χ4n) is 3.60. The highest BCUT2D eigenvalue weighted by molar-refractivity contribution is 7.92. The van der Waals surface area contributed by atoms with Crippen LogP contribution in [0.3, 0.4) is 0 Å². The molecule has 0 aliphatic carbocycles. The van der Waals surface area contributed by atoms with Gasteiger partial charge in [-0.25, -0.2) is 8.42 Å². The van der Waals surface area contributed by atoms with E-state index in [0.717, 1.165) is 19.3 Å². The van der Waals surface area contributed by atoms with Gasteiger partial charge in [0.2, 0.25) is 0 Å². The van der Waals surface area contributed by atoms with Crippen LogP contribution in [0.15, 0.2) is 53.4 Å². The quantitative estimate of drug-likeness (QED) is 0.362. The Kier molecular flexibility index (Phi) is 7.73. The molecular formula is C23H30N4O3S2. The summed E-state index contributed by atoms with van der Waals surface area (Å²) in [6, 6.07) is 13.7. The van der Waals surface area contributed by atoms with Crippen LogP contribution in [0.5, 0.6) is 5.75 Å². The van der Waals surface area contributed by atoms with E-state index < -0.39 is 10.0 Å². The van der Waals surface area contributed by atoms with E-state index in [1.54, 1.807) is 42.5 Å². The molecule has 0 aliphatic rings. The molecule has 1 aromatic heterocycles. The predicted molar refractivity (Wildman–Crippen MR) is 130 cm³/mol. The number of sulfonamides is 1. The van der Waals surface area contributed by atoms with Crippen LogP contribution in [0.1, 0.15) is 46.1 Å². The van der Waals surface area contributed by atoms with Crippen molar-refractivity contribution in [1.29, 1.82) is 0 Å². The third kappa shape index (κ3) is 5.58. The van der Waals surface area contributed by atoms with Crippen molar-refractivity contribution in [2.45, 2.75) is 51.0 Å². The van der Waals surface area contributed by atoms with Crippen molar-refractivity contribution < 1.29 is 13.2 Å². The molecule has 1 atom stereocenters. The highest BCUT2D eigenvalue weighted by atomic mass is 32.2. The van der Waals surface area contributed by atoms with E-state index in [0.29, 0.717) is 33.5 Å². The molecular weight excluding hydrogens is 444 g/mol. The number of aromatic nitrogens is 3. The second-order valence-electron chi connectivity index (χ2n) is 8.23. The van der Waals surface area contributed by atoms with Crippen molar-refractivity contribution in [2.24, 2.45) is 5.92 Å². The van der Waals surface area contributed by atoms with Crippen LogP contribution in [0, 0.1) is 10.7 Å². The molecule has 0 amide bonds. The number of nitrogens with one attached hydrogen (secondary N) is 2. The molecule has 2 N–H and O–H groups in total. The van der Waals surface area contributed by atoms with E-state index in [1.165, 1.54) is 7.11 Å². The maximum Gasteiger partial charge on any atom is 0.262 e. The Labute approximate surface area is 194 Å². The standard InChI is InChI=1S/C23H30N4O3S2/c1-16(2)9-7-10-17(3)27-22(24-25-23(27)31)18-11-8-12-19(15-18)32(28,29)26-20-13-5-6-14-21(20)30-4/h5-6,8,11-17,26H,7,9-10H2,1-4H3,(H,25,31)/t17-/m0/s1. The summed E-state index contributed by atoms with van der Waals surface area (Å²) >= 11 is 5.47. The van der Waals surface area contributed by atoms with E-state index in [-0.39, 0.29) is 10.9 Å². The van der Waals surface area contributed by atoms with E-state index >= 15 is 0 Å². The average Bonchev–Trinajstić information content (AvgIpc) is 3.15. The van der Waals surface area contributed by atoms with Crippen LogP contribution in [-0.4, -0.2) is 30.3 Å². The number of benzene rings is 2. The molecule has 0 aliphatic heterocycles. The number of methoxy groups -OCH3 is 1. The van der Waals surface area contributed by atoms with Gasteiger partial charge in [-0.15, -0.1) is 0 Å². The van der Waals surface area contributed by atoms with Crippen molar-refractivity contribution in [1.82, 2.24) is 14.8 Å². The lowest BCUT2D eigenvalue weighted by molar-refractivity contribution is 0.417. The van der Waals surface area contributed by atoms with E-state index in [9.17, 15) is 8.42 Å². The molecule has 0 bridgehead atoms. The first-order valence-corrected chi connectivity index (χ1v) is 12.5. The van der Waals surface area contributed by atoms with E-state index in [2.05, 4.69) is 35.7 Å². The Morgan fingerprint density at radius 3 is 2.59 bits per heavy atom. The number of ether oxygens (including phenoxy) is 1. The first-order chi connectivity index (χ1) is 15.2. The second-order valence-corrected chi connectivity index (χ2v) is 10.3. The van der Waals surface area contributed by atoms with Gasteiger partial charge in [0.05, 0.1) is 17.7 Å². The highest BCUT2D eigenvalue weighted by Crippen LogP contribution is 2.29. The molecule has 0 spiro atoms. The first-order valence-electron chi connectivity index (χ1n) is 10.7. The van der Waals surface area contributed by atoms with Gasteiger partial charge in [-0.05, 0) is 55.7 Å². The Balaban J connectivity index is 1.90. The lowest BCUT2D eigenvalue weighted by Gasteiger charge is -2.17. The topological polar surface area (TPSA) is 89.0 Å². The minimum atomic E-state index is -3.83. The number of hydrogen-bond acceptors (Lipinski definition) is 5. The Morgan fingerprint density at radius 2 is 1.88 bits per heavy atom. The molecule has 32 heavy (non-hydrogen) atoms. The predicted octanol–water partition coefficient (Wildman–Crippen LogP) is 5.80. The largest absolute Gasteiger partial charge is 0.495 e.